The van der Waals surface area contributed by atoms with Crippen LogP contribution >= 0.6 is 0 Å². The van der Waals surface area contributed by atoms with Gasteiger partial charge in [0, 0.05) is 11.5 Å². The lowest BCUT2D eigenvalue weighted by Crippen LogP contribution is -2.06. The third kappa shape index (κ3) is 3.08. The molecule has 0 amide bonds. The topological polar surface area (TPSA) is 103 Å². The quantitative estimate of drug-likeness (QED) is 0.748. The number of para-hydroxylation sites is 1. The number of fused-ring (bicyclic) bond motifs is 1. The summed E-state index contributed by atoms with van der Waals surface area (Å²) in [6.07, 6.45) is -0.0681. The molecule has 0 aliphatic rings. The molecule has 0 fully saturated rings. The fourth-order valence-electron chi connectivity index (χ4n) is 2.30. The second-order valence-electron chi connectivity index (χ2n) is 5.11. The molecule has 3 aromatic rings. The Morgan fingerprint density at radius 1 is 1.35 bits per heavy atom. The van der Waals surface area contributed by atoms with E-state index in [1.807, 2.05) is 31.2 Å². The molecule has 23 heavy (non-hydrogen) atoms. The lowest BCUT2D eigenvalue weighted by atomic mass is 10.2. The van der Waals surface area contributed by atoms with E-state index in [0.717, 1.165) is 11.1 Å². The molecule has 0 unspecified atom stereocenters. The minimum atomic E-state index is -0.904. The van der Waals surface area contributed by atoms with Crippen LogP contribution in [0.1, 0.15) is 12.1 Å². The summed E-state index contributed by atoms with van der Waals surface area (Å²) in [5, 5.41) is 13.9. The molecule has 2 aromatic heterocycles. The number of nitrogen functional groups attached to an aromatic ring is 1. The van der Waals surface area contributed by atoms with Gasteiger partial charge in [0.05, 0.1) is 18.7 Å². The summed E-state index contributed by atoms with van der Waals surface area (Å²) in [4.78, 5) is 15.2. The maximum atomic E-state index is 10.6. The zero-order valence-corrected chi connectivity index (χ0v) is 12.6. The molecule has 0 saturated heterocycles. The smallest absolute Gasteiger partial charge is 0.306 e. The highest BCUT2D eigenvalue weighted by atomic mass is 16.5. The zero-order valence-electron chi connectivity index (χ0n) is 12.6. The Labute approximate surface area is 132 Å². The molecule has 0 radical (unpaired) electrons. The third-order valence-electron chi connectivity index (χ3n) is 3.32. The van der Waals surface area contributed by atoms with E-state index in [1.165, 1.54) is 0 Å². The number of carboxylic acids is 1. The number of rotatable bonds is 5. The van der Waals surface area contributed by atoms with E-state index in [1.54, 1.807) is 16.8 Å². The first-order valence-corrected chi connectivity index (χ1v) is 7.11. The molecule has 0 aliphatic carbocycles. The Kier molecular flexibility index (Phi) is 3.84. The number of nitrogens with zero attached hydrogens (tertiary/aromatic N) is 3. The van der Waals surface area contributed by atoms with Gasteiger partial charge >= 0.3 is 5.97 Å². The van der Waals surface area contributed by atoms with Crippen LogP contribution < -0.4 is 10.5 Å². The first kappa shape index (κ1) is 14.8. The molecule has 7 heteroatoms. The number of anilines is 1. The summed E-state index contributed by atoms with van der Waals surface area (Å²) in [6, 6.07) is 11.0. The first-order chi connectivity index (χ1) is 11.0. The number of ether oxygens (including phenoxy) is 1. The van der Waals surface area contributed by atoms with Crippen molar-refractivity contribution in [3.63, 3.8) is 0 Å². The van der Waals surface area contributed by atoms with Crippen LogP contribution in [0.2, 0.25) is 0 Å². The Hall–Kier alpha value is -3.09. The van der Waals surface area contributed by atoms with Gasteiger partial charge in [0.2, 0.25) is 0 Å². The van der Waals surface area contributed by atoms with Gasteiger partial charge in [0.15, 0.2) is 5.82 Å². The van der Waals surface area contributed by atoms with Crippen LogP contribution in [0.25, 0.3) is 16.7 Å². The van der Waals surface area contributed by atoms with Crippen LogP contribution in [0.4, 0.5) is 5.82 Å². The molecular weight excluding hydrogens is 296 g/mol. The van der Waals surface area contributed by atoms with Gasteiger partial charge in [0.1, 0.15) is 17.1 Å². The summed E-state index contributed by atoms with van der Waals surface area (Å²) < 4.78 is 7.11. The van der Waals surface area contributed by atoms with Crippen LogP contribution in [0.15, 0.2) is 36.4 Å². The number of hydrogen-bond acceptors (Lipinski definition) is 5. The predicted molar refractivity (Wildman–Crippen MR) is 85.8 cm³/mol. The van der Waals surface area contributed by atoms with Gasteiger partial charge in [-0.25, -0.2) is 4.98 Å². The molecule has 0 bridgehead atoms. The largest absolute Gasteiger partial charge is 0.491 e. The number of aryl methyl sites for hydroxylation is 1. The van der Waals surface area contributed by atoms with Gasteiger partial charge in [0.25, 0.3) is 0 Å². The van der Waals surface area contributed by atoms with Gasteiger partial charge in [-0.05, 0) is 25.1 Å². The maximum Gasteiger partial charge on any atom is 0.306 e. The van der Waals surface area contributed by atoms with E-state index in [0.29, 0.717) is 22.9 Å². The van der Waals surface area contributed by atoms with E-state index < -0.39 is 5.97 Å². The van der Waals surface area contributed by atoms with Crippen molar-refractivity contribution >= 4 is 22.7 Å². The predicted octanol–water partition coefficient (Wildman–Crippen LogP) is 2.16. The van der Waals surface area contributed by atoms with Crippen molar-refractivity contribution < 1.29 is 14.6 Å². The lowest BCUT2D eigenvalue weighted by molar-refractivity contribution is -0.137. The average molecular weight is 312 g/mol. The maximum absolute atomic E-state index is 10.6. The number of benzene rings is 1. The summed E-state index contributed by atoms with van der Waals surface area (Å²) in [7, 11) is 0. The molecule has 3 N–H and O–H groups in total. The van der Waals surface area contributed by atoms with Crippen LogP contribution in [-0.4, -0.2) is 32.4 Å². The molecule has 0 saturated carbocycles. The van der Waals surface area contributed by atoms with Crippen molar-refractivity contribution in [3.8, 4) is 11.6 Å². The van der Waals surface area contributed by atoms with Crippen molar-refractivity contribution in [1.82, 2.24) is 14.8 Å². The Balaban J connectivity index is 2.00. The summed E-state index contributed by atoms with van der Waals surface area (Å²) in [5.74, 6) is 0.711. The molecule has 0 spiro atoms. The number of hydrogen-bond donors (Lipinski definition) is 2. The molecule has 1 aromatic carbocycles. The fraction of sp³-hybridized carbons (Fsp3) is 0.188. The second kappa shape index (κ2) is 5.96. The Morgan fingerprint density at radius 3 is 2.87 bits per heavy atom. The number of pyridine rings is 1. The second-order valence-corrected chi connectivity index (χ2v) is 5.11. The number of nitrogens with two attached hydrogens (primary N) is 1. The first-order valence-electron chi connectivity index (χ1n) is 7.11. The molecule has 3 rings (SSSR count). The van der Waals surface area contributed by atoms with Crippen molar-refractivity contribution in [1.29, 1.82) is 0 Å². The summed E-state index contributed by atoms with van der Waals surface area (Å²) in [6.45, 7) is 1.94. The standard InChI is InChI=1S/C16H16N4O3/c1-10-9-13(17)20(19-10)14-6-5-11-3-2-4-12(16(11)18-14)23-8-7-15(21)22/h2-6,9H,7-8,17H2,1H3,(H,21,22). The fourth-order valence-corrected chi connectivity index (χ4v) is 2.30. The Morgan fingerprint density at radius 2 is 2.17 bits per heavy atom. The minimum Gasteiger partial charge on any atom is -0.491 e. The van der Waals surface area contributed by atoms with Crippen LogP contribution in [0.3, 0.4) is 0 Å². The Bertz CT molecular complexity index is 873. The van der Waals surface area contributed by atoms with Crippen molar-refractivity contribution in [2.45, 2.75) is 13.3 Å². The van der Waals surface area contributed by atoms with E-state index in [9.17, 15) is 4.79 Å². The summed E-state index contributed by atoms with van der Waals surface area (Å²) in [5.41, 5.74) is 7.38. The monoisotopic (exact) mass is 312 g/mol. The highest BCUT2D eigenvalue weighted by Gasteiger charge is 2.10. The van der Waals surface area contributed by atoms with Gasteiger partial charge in [-0.3, -0.25) is 4.79 Å². The summed E-state index contributed by atoms with van der Waals surface area (Å²) >= 11 is 0. The van der Waals surface area contributed by atoms with Crippen LogP contribution in [0, 0.1) is 6.92 Å². The highest BCUT2D eigenvalue weighted by molar-refractivity contribution is 5.85. The zero-order chi connectivity index (χ0) is 16.4. The number of carboxylic acid groups (broad SMARTS) is 1. The minimum absolute atomic E-state index is 0.0681. The average Bonchev–Trinajstić information content (AvgIpc) is 2.85. The van der Waals surface area contributed by atoms with E-state index in [-0.39, 0.29) is 13.0 Å². The molecule has 7 nitrogen and oxygen atoms in total. The highest BCUT2D eigenvalue weighted by Crippen LogP contribution is 2.25. The van der Waals surface area contributed by atoms with E-state index >= 15 is 0 Å². The SMILES string of the molecule is Cc1cc(N)n(-c2ccc3cccc(OCCC(=O)O)c3n2)n1. The lowest BCUT2D eigenvalue weighted by Gasteiger charge is -2.09. The normalized spacial score (nSPS) is 10.8. The van der Waals surface area contributed by atoms with Crippen molar-refractivity contribution in [2.75, 3.05) is 12.3 Å². The molecular formula is C16H16N4O3. The van der Waals surface area contributed by atoms with Gasteiger partial charge in [-0.1, -0.05) is 12.1 Å². The van der Waals surface area contributed by atoms with Crippen LogP contribution in [0.5, 0.6) is 5.75 Å². The van der Waals surface area contributed by atoms with E-state index in [4.69, 9.17) is 15.6 Å². The van der Waals surface area contributed by atoms with Gasteiger partial charge in [-0.2, -0.15) is 9.78 Å². The molecule has 0 aliphatic heterocycles. The van der Waals surface area contributed by atoms with Crippen molar-refractivity contribution in [2.24, 2.45) is 0 Å². The number of aromatic nitrogens is 3. The third-order valence-corrected chi connectivity index (χ3v) is 3.32. The van der Waals surface area contributed by atoms with Crippen LogP contribution in [-0.2, 0) is 4.79 Å². The number of carbonyl (C=O) groups is 1. The number of aliphatic carboxylic acids is 1. The molecule has 118 valence electrons. The molecule has 0 atom stereocenters. The molecule has 2 heterocycles. The van der Waals surface area contributed by atoms with Gasteiger partial charge in [-0.15, -0.1) is 0 Å². The van der Waals surface area contributed by atoms with Crippen molar-refractivity contribution in [3.05, 3.63) is 42.1 Å². The van der Waals surface area contributed by atoms with E-state index in [2.05, 4.69) is 10.1 Å². The van der Waals surface area contributed by atoms with Gasteiger partial charge < -0.3 is 15.6 Å².